The number of amides is 2. The minimum Gasteiger partial charge on any atom is -0.325 e. The minimum atomic E-state index is -1.39. The van der Waals surface area contributed by atoms with Crippen LogP contribution in [-0.4, -0.2) is 11.8 Å². The van der Waals surface area contributed by atoms with E-state index in [2.05, 4.69) is 10.6 Å². The van der Waals surface area contributed by atoms with Gasteiger partial charge in [-0.2, -0.15) is 0 Å². The number of rotatable bonds is 5. The van der Waals surface area contributed by atoms with Crippen LogP contribution in [0.15, 0.2) is 66.7 Å². The molecule has 0 unspecified atom stereocenters. The minimum absolute atomic E-state index is 0.0459. The van der Waals surface area contributed by atoms with E-state index in [1.54, 1.807) is 18.2 Å². The molecule has 0 atom stereocenters. The number of hydrogen-bond acceptors (Lipinski definition) is 2. The molecule has 0 saturated carbocycles. The Balaban J connectivity index is 1.87. The third-order valence-corrected chi connectivity index (χ3v) is 4.03. The highest BCUT2D eigenvalue weighted by molar-refractivity contribution is 6.15. The van der Waals surface area contributed by atoms with Gasteiger partial charge in [0.15, 0.2) is 23.3 Å². The molecule has 3 aromatic carbocycles. The molecular formula is C21H14F4N2O2. The van der Waals surface area contributed by atoms with Crippen LogP contribution in [0.4, 0.5) is 28.9 Å². The summed E-state index contributed by atoms with van der Waals surface area (Å²) in [6, 6.07) is 13.5. The first-order valence-electron chi connectivity index (χ1n) is 8.42. The summed E-state index contributed by atoms with van der Waals surface area (Å²) >= 11 is 0. The standard InChI is InChI=1S/C21H14F4N2O2/c22-15-8-6-13(10-17(15)24)26-20(28)19(12-4-2-1-3-5-12)21(29)27-14-7-9-16(23)18(25)11-14/h1-11,19H,(H,26,28)(H,27,29). The van der Waals surface area contributed by atoms with E-state index in [1.807, 2.05) is 0 Å². The lowest BCUT2D eigenvalue weighted by molar-refractivity contribution is -0.125. The second-order valence-electron chi connectivity index (χ2n) is 6.08. The van der Waals surface area contributed by atoms with Crippen LogP contribution in [0.2, 0.25) is 0 Å². The predicted octanol–water partition coefficient (Wildman–Crippen LogP) is 4.60. The van der Waals surface area contributed by atoms with Crippen molar-refractivity contribution in [1.82, 2.24) is 0 Å². The smallest absolute Gasteiger partial charge is 0.241 e. The number of nitrogens with one attached hydrogen (secondary N) is 2. The topological polar surface area (TPSA) is 58.2 Å². The van der Waals surface area contributed by atoms with Crippen LogP contribution in [0, 0.1) is 23.3 Å². The molecule has 0 bridgehead atoms. The van der Waals surface area contributed by atoms with Gasteiger partial charge in [0.05, 0.1) is 0 Å². The fourth-order valence-electron chi connectivity index (χ4n) is 2.64. The summed E-state index contributed by atoms with van der Waals surface area (Å²) in [4.78, 5) is 25.5. The highest BCUT2D eigenvalue weighted by atomic mass is 19.2. The summed E-state index contributed by atoms with van der Waals surface area (Å²) in [5.74, 6) is -7.52. The summed E-state index contributed by atoms with van der Waals surface area (Å²) in [6.45, 7) is 0. The molecule has 4 nitrogen and oxygen atoms in total. The zero-order chi connectivity index (χ0) is 21.0. The van der Waals surface area contributed by atoms with Gasteiger partial charge in [0.1, 0.15) is 5.92 Å². The summed E-state index contributed by atoms with van der Waals surface area (Å²) < 4.78 is 53.0. The Morgan fingerprint density at radius 1 is 0.621 bits per heavy atom. The Morgan fingerprint density at radius 2 is 1.07 bits per heavy atom. The molecule has 0 radical (unpaired) electrons. The van der Waals surface area contributed by atoms with Crippen molar-refractivity contribution < 1.29 is 27.2 Å². The SMILES string of the molecule is O=C(Nc1ccc(F)c(F)c1)C(C(=O)Nc1ccc(F)c(F)c1)c1ccccc1. The van der Waals surface area contributed by atoms with Gasteiger partial charge in [-0.1, -0.05) is 30.3 Å². The lowest BCUT2D eigenvalue weighted by Crippen LogP contribution is -2.32. The Bertz CT molecular complexity index is 992. The van der Waals surface area contributed by atoms with Crippen LogP contribution < -0.4 is 10.6 Å². The average molecular weight is 402 g/mol. The van der Waals surface area contributed by atoms with Gasteiger partial charge in [-0.05, 0) is 29.8 Å². The molecule has 0 saturated heterocycles. The number of anilines is 2. The Morgan fingerprint density at radius 3 is 1.48 bits per heavy atom. The van der Waals surface area contributed by atoms with Gasteiger partial charge in [-0.15, -0.1) is 0 Å². The van der Waals surface area contributed by atoms with Crippen molar-refractivity contribution in [2.75, 3.05) is 10.6 Å². The molecule has 0 aliphatic heterocycles. The van der Waals surface area contributed by atoms with Crippen molar-refractivity contribution in [3.63, 3.8) is 0 Å². The largest absolute Gasteiger partial charge is 0.325 e. The van der Waals surface area contributed by atoms with E-state index >= 15 is 0 Å². The van der Waals surface area contributed by atoms with Crippen LogP contribution >= 0.6 is 0 Å². The molecule has 2 N–H and O–H groups in total. The van der Waals surface area contributed by atoms with Gasteiger partial charge in [-0.3, -0.25) is 9.59 Å². The molecule has 0 aromatic heterocycles. The van der Waals surface area contributed by atoms with Gasteiger partial charge in [0.2, 0.25) is 11.8 Å². The van der Waals surface area contributed by atoms with E-state index in [9.17, 15) is 27.2 Å². The van der Waals surface area contributed by atoms with Crippen LogP contribution in [0.1, 0.15) is 11.5 Å². The molecule has 148 valence electrons. The molecule has 0 fully saturated rings. The van der Waals surface area contributed by atoms with Crippen LogP contribution in [0.3, 0.4) is 0 Å². The number of carbonyl (C=O) groups excluding carboxylic acids is 2. The van der Waals surface area contributed by atoms with Crippen LogP contribution in [0.5, 0.6) is 0 Å². The van der Waals surface area contributed by atoms with Crippen molar-refractivity contribution in [3.05, 3.63) is 95.6 Å². The molecular weight excluding hydrogens is 388 g/mol. The van der Waals surface area contributed by atoms with Crippen molar-refractivity contribution in [2.24, 2.45) is 0 Å². The first kappa shape index (κ1) is 20.1. The number of halogens is 4. The molecule has 29 heavy (non-hydrogen) atoms. The van der Waals surface area contributed by atoms with E-state index in [0.717, 1.165) is 36.4 Å². The molecule has 3 aromatic rings. The monoisotopic (exact) mass is 402 g/mol. The maximum Gasteiger partial charge on any atom is 0.241 e. The van der Waals surface area contributed by atoms with E-state index in [4.69, 9.17) is 0 Å². The summed E-state index contributed by atoms with van der Waals surface area (Å²) in [5, 5.41) is 4.71. The van der Waals surface area contributed by atoms with E-state index < -0.39 is 41.0 Å². The van der Waals surface area contributed by atoms with Crippen LogP contribution in [-0.2, 0) is 9.59 Å². The predicted molar refractivity (Wildman–Crippen MR) is 99.2 cm³/mol. The van der Waals surface area contributed by atoms with Gasteiger partial charge < -0.3 is 10.6 Å². The normalized spacial score (nSPS) is 10.7. The fourth-order valence-corrected chi connectivity index (χ4v) is 2.64. The fraction of sp³-hybridized carbons (Fsp3) is 0.0476. The number of benzene rings is 3. The van der Waals surface area contributed by atoms with Crippen molar-refractivity contribution >= 4 is 23.2 Å². The Hall–Kier alpha value is -3.68. The highest BCUT2D eigenvalue weighted by Gasteiger charge is 2.29. The van der Waals surface area contributed by atoms with E-state index in [1.165, 1.54) is 12.1 Å². The maximum atomic E-state index is 13.4. The zero-order valence-electron chi connectivity index (χ0n) is 14.8. The van der Waals surface area contributed by atoms with Crippen molar-refractivity contribution in [1.29, 1.82) is 0 Å². The van der Waals surface area contributed by atoms with E-state index in [-0.39, 0.29) is 11.4 Å². The number of hydrogen-bond donors (Lipinski definition) is 2. The van der Waals surface area contributed by atoms with Gasteiger partial charge in [0, 0.05) is 23.5 Å². The van der Waals surface area contributed by atoms with Gasteiger partial charge >= 0.3 is 0 Å². The molecule has 2 amide bonds. The average Bonchev–Trinajstić information content (AvgIpc) is 2.68. The van der Waals surface area contributed by atoms with Crippen molar-refractivity contribution in [2.45, 2.75) is 5.92 Å². The first-order valence-corrected chi connectivity index (χ1v) is 8.42. The van der Waals surface area contributed by atoms with Gasteiger partial charge in [-0.25, -0.2) is 17.6 Å². The lowest BCUT2D eigenvalue weighted by atomic mass is 9.97. The second kappa shape index (κ2) is 8.55. The molecule has 3 rings (SSSR count). The third-order valence-electron chi connectivity index (χ3n) is 4.03. The first-order chi connectivity index (χ1) is 13.8. The summed E-state index contributed by atoms with van der Waals surface area (Å²) in [5.41, 5.74) is 0.221. The number of carbonyl (C=O) groups is 2. The quantitative estimate of drug-likeness (QED) is 0.484. The molecule has 0 aliphatic carbocycles. The van der Waals surface area contributed by atoms with E-state index in [0.29, 0.717) is 5.56 Å². The van der Waals surface area contributed by atoms with Gasteiger partial charge in [0.25, 0.3) is 0 Å². The zero-order valence-corrected chi connectivity index (χ0v) is 14.8. The Kier molecular flexibility index (Phi) is 5.92. The Labute approximate surface area is 163 Å². The highest BCUT2D eigenvalue weighted by Crippen LogP contribution is 2.22. The summed E-state index contributed by atoms with van der Waals surface area (Å²) in [7, 11) is 0. The van der Waals surface area contributed by atoms with Crippen LogP contribution in [0.25, 0.3) is 0 Å². The van der Waals surface area contributed by atoms with Crippen molar-refractivity contribution in [3.8, 4) is 0 Å². The lowest BCUT2D eigenvalue weighted by Gasteiger charge is -2.17. The molecule has 0 spiro atoms. The third kappa shape index (κ3) is 4.78. The second-order valence-corrected chi connectivity index (χ2v) is 6.08. The molecule has 0 heterocycles. The summed E-state index contributed by atoms with van der Waals surface area (Å²) in [6.07, 6.45) is 0. The maximum absolute atomic E-state index is 13.4. The molecule has 0 aliphatic rings. The molecule has 8 heteroatoms.